The highest BCUT2D eigenvalue weighted by atomic mass is 35.5. The number of nitro groups is 1. The maximum atomic E-state index is 11.2. The Bertz CT molecular complexity index is 562. The molecule has 0 bridgehead atoms. The third kappa shape index (κ3) is 2.70. The lowest BCUT2D eigenvalue weighted by molar-refractivity contribution is -0.384. The molecule has 0 aromatic heterocycles. The molecule has 1 aromatic carbocycles. The molecule has 0 aliphatic carbocycles. The number of nitro benzene ring substituents is 1. The number of aromatic carboxylic acids is 1. The third-order valence-electron chi connectivity index (χ3n) is 3.58. The molecule has 1 aliphatic heterocycles. The number of benzene rings is 1. The van der Waals surface area contributed by atoms with Crippen molar-refractivity contribution >= 4 is 28.9 Å². The van der Waals surface area contributed by atoms with E-state index in [2.05, 4.69) is 0 Å². The predicted molar refractivity (Wildman–Crippen MR) is 75.7 cm³/mol. The van der Waals surface area contributed by atoms with Crippen molar-refractivity contribution in [1.82, 2.24) is 0 Å². The Morgan fingerprint density at radius 3 is 2.75 bits per heavy atom. The van der Waals surface area contributed by atoms with Crippen LogP contribution in [0, 0.1) is 10.1 Å². The van der Waals surface area contributed by atoms with Crippen LogP contribution >= 0.6 is 11.6 Å². The molecule has 1 saturated heterocycles. The van der Waals surface area contributed by atoms with Gasteiger partial charge >= 0.3 is 5.97 Å². The first-order chi connectivity index (χ1) is 9.41. The number of halogens is 1. The van der Waals surface area contributed by atoms with Crippen LogP contribution in [0.5, 0.6) is 0 Å². The van der Waals surface area contributed by atoms with Crippen LogP contribution in [0.4, 0.5) is 11.4 Å². The Labute approximate surface area is 121 Å². The topological polar surface area (TPSA) is 83.7 Å². The van der Waals surface area contributed by atoms with Gasteiger partial charge < -0.3 is 10.0 Å². The summed E-state index contributed by atoms with van der Waals surface area (Å²) in [6.45, 7) is 2.68. The Balaban J connectivity index is 2.56. The maximum Gasteiger partial charge on any atom is 0.335 e. The summed E-state index contributed by atoms with van der Waals surface area (Å²) in [7, 11) is 0. The summed E-state index contributed by atoms with van der Waals surface area (Å²) in [6.07, 6.45) is 2.96. The zero-order chi connectivity index (χ0) is 14.9. The Kier molecular flexibility index (Phi) is 4.13. The Morgan fingerprint density at radius 1 is 1.50 bits per heavy atom. The third-order valence-corrected chi connectivity index (χ3v) is 3.87. The molecule has 1 heterocycles. The highest BCUT2D eigenvalue weighted by Crippen LogP contribution is 2.39. The van der Waals surface area contributed by atoms with E-state index in [9.17, 15) is 14.9 Å². The van der Waals surface area contributed by atoms with E-state index in [-0.39, 0.29) is 22.3 Å². The Hall–Kier alpha value is -1.82. The van der Waals surface area contributed by atoms with Gasteiger partial charge in [-0.15, -0.1) is 0 Å². The quantitative estimate of drug-likeness (QED) is 0.683. The van der Waals surface area contributed by atoms with Gasteiger partial charge in [0, 0.05) is 18.7 Å². The van der Waals surface area contributed by atoms with Gasteiger partial charge in [-0.25, -0.2) is 4.79 Å². The summed E-state index contributed by atoms with van der Waals surface area (Å²) in [5.74, 6) is -1.23. The van der Waals surface area contributed by atoms with E-state index in [0.29, 0.717) is 12.2 Å². The number of piperidine rings is 1. The van der Waals surface area contributed by atoms with Gasteiger partial charge in [-0.3, -0.25) is 10.1 Å². The zero-order valence-corrected chi connectivity index (χ0v) is 11.8. The first kappa shape index (κ1) is 14.6. The molecule has 0 saturated carbocycles. The van der Waals surface area contributed by atoms with E-state index in [0.717, 1.165) is 25.3 Å². The monoisotopic (exact) mass is 298 g/mol. The van der Waals surface area contributed by atoms with Crippen molar-refractivity contribution in [2.75, 3.05) is 11.4 Å². The molecule has 1 fully saturated rings. The van der Waals surface area contributed by atoms with Gasteiger partial charge in [0.15, 0.2) is 0 Å². The van der Waals surface area contributed by atoms with Crippen molar-refractivity contribution in [1.29, 1.82) is 0 Å². The lowest BCUT2D eigenvalue weighted by atomic mass is 10.0. The number of hydrogen-bond donors (Lipinski definition) is 1. The summed E-state index contributed by atoms with van der Waals surface area (Å²) in [4.78, 5) is 23.5. The van der Waals surface area contributed by atoms with Gasteiger partial charge in [0.25, 0.3) is 5.69 Å². The number of carbonyl (C=O) groups is 1. The Morgan fingerprint density at radius 2 is 2.20 bits per heavy atom. The zero-order valence-electron chi connectivity index (χ0n) is 11.0. The van der Waals surface area contributed by atoms with E-state index in [4.69, 9.17) is 16.7 Å². The second-order valence-corrected chi connectivity index (χ2v) is 5.33. The molecule has 2 rings (SSSR count). The molecule has 1 atom stereocenters. The van der Waals surface area contributed by atoms with Crippen LogP contribution in [-0.4, -0.2) is 28.6 Å². The molecule has 6 nitrogen and oxygen atoms in total. The summed E-state index contributed by atoms with van der Waals surface area (Å²) < 4.78 is 0. The van der Waals surface area contributed by atoms with Gasteiger partial charge in [-0.2, -0.15) is 0 Å². The second-order valence-electron chi connectivity index (χ2n) is 4.93. The lowest BCUT2D eigenvalue weighted by Crippen LogP contribution is -2.38. The van der Waals surface area contributed by atoms with Crippen LogP contribution in [0.25, 0.3) is 0 Å². The molecular weight excluding hydrogens is 284 g/mol. The molecule has 0 spiro atoms. The smallest absolute Gasteiger partial charge is 0.335 e. The van der Waals surface area contributed by atoms with Crippen LogP contribution in [0.2, 0.25) is 5.02 Å². The van der Waals surface area contributed by atoms with Gasteiger partial charge in [0.1, 0.15) is 5.69 Å². The molecule has 0 unspecified atom stereocenters. The van der Waals surface area contributed by atoms with Crippen LogP contribution < -0.4 is 4.90 Å². The maximum absolute atomic E-state index is 11.2. The van der Waals surface area contributed by atoms with Crippen molar-refractivity contribution in [3.63, 3.8) is 0 Å². The van der Waals surface area contributed by atoms with Crippen molar-refractivity contribution in [3.8, 4) is 0 Å². The van der Waals surface area contributed by atoms with Gasteiger partial charge in [0.2, 0.25) is 0 Å². The first-order valence-electron chi connectivity index (χ1n) is 6.39. The minimum absolute atomic E-state index is 0.116. The average molecular weight is 299 g/mol. The van der Waals surface area contributed by atoms with Crippen LogP contribution in [-0.2, 0) is 0 Å². The van der Waals surface area contributed by atoms with Crippen molar-refractivity contribution < 1.29 is 14.8 Å². The highest BCUT2D eigenvalue weighted by molar-refractivity contribution is 6.34. The SMILES string of the molecule is C[C@@H]1CCCCN1c1c(Cl)cc(C(=O)O)cc1[N+](=O)[O-]. The number of anilines is 1. The number of hydrogen-bond acceptors (Lipinski definition) is 4. The predicted octanol–water partition coefficient (Wildman–Crippen LogP) is 3.33. The normalized spacial score (nSPS) is 18.9. The summed E-state index contributed by atoms with van der Waals surface area (Å²) in [5.41, 5.74) is -0.0902. The summed E-state index contributed by atoms with van der Waals surface area (Å²) in [5, 5.41) is 20.3. The number of carboxylic acid groups (broad SMARTS) is 1. The molecule has 7 heteroatoms. The van der Waals surface area contributed by atoms with Crippen molar-refractivity contribution in [2.45, 2.75) is 32.2 Å². The first-order valence-corrected chi connectivity index (χ1v) is 6.77. The van der Waals surface area contributed by atoms with Gasteiger partial charge in [-0.1, -0.05) is 11.6 Å². The van der Waals surface area contributed by atoms with Crippen molar-refractivity contribution in [3.05, 3.63) is 32.8 Å². The minimum Gasteiger partial charge on any atom is -0.478 e. The van der Waals surface area contributed by atoms with Crippen LogP contribution in [0.15, 0.2) is 12.1 Å². The fraction of sp³-hybridized carbons (Fsp3) is 0.462. The average Bonchev–Trinajstić information content (AvgIpc) is 2.38. The molecule has 1 aliphatic rings. The van der Waals surface area contributed by atoms with E-state index in [1.54, 1.807) is 0 Å². The van der Waals surface area contributed by atoms with Crippen LogP contribution in [0.3, 0.4) is 0 Å². The summed E-state index contributed by atoms with van der Waals surface area (Å²) >= 11 is 6.11. The lowest BCUT2D eigenvalue weighted by Gasteiger charge is -2.35. The molecule has 0 radical (unpaired) electrons. The number of carboxylic acids is 1. The largest absolute Gasteiger partial charge is 0.478 e. The second kappa shape index (κ2) is 5.66. The highest BCUT2D eigenvalue weighted by Gasteiger charge is 2.29. The number of nitrogens with zero attached hydrogens (tertiary/aromatic N) is 2. The molecule has 108 valence electrons. The van der Waals surface area contributed by atoms with E-state index in [1.807, 2.05) is 11.8 Å². The van der Waals surface area contributed by atoms with E-state index in [1.165, 1.54) is 6.07 Å². The number of rotatable bonds is 3. The molecule has 20 heavy (non-hydrogen) atoms. The molecule has 0 amide bonds. The molecular formula is C13H15ClN2O4. The molecule has 1 aromatic rings. The van der Waals surface area contributed by atoms with Crippen molar-refractivity contribution in [2.24, 2.45) is 0 Å². The minimum atomic E-state index is -1.23. The standard InChI is InChI=1S/C13H15ClN2O4/c1-8-4-2-3-5-15(8)12-10(14)6-9(13(17)18)7-11(12)16(19)20/h6-8H,2-5H2,1H3,(H,17,18)/t8-/m1/s1. The van der Waals surface area contributed by atoms with Gasteiger partial charge in [0.05, 0.1) is 15.5 Å². The van der Waals surface area contributed by atoms with E-state index < -0.39 is 10.9 Å². The fourth-order valence-electron chi connectivity index (χ4n) is 2.56. The van der Waals surface area contributed by atoms with Gasteiger partial charge in [-0.05, 0) is 32.3 Å². The summed E-state index contributed by atoms with van der Waals surface area (Å²) in [6, 6.07) is 2.49. The van der Waals surface area contributed by atoms with E-state index >= 15 is 0 Å². The molecule has 1 N–H and O–H groups in total. The van der Waals surface area contributed by atoms with Crippen LogP contribution in [0.1, 0.15) is 36.5 Å². The fourth-order valence-corrected chi connectivity index (χ4v) is 2.88.